The van der Waals surface area contributed by atoms with E-state index >= 15 is 4.39 Å². The lowest BCUT2D eigenvalue weighted by Crippen LogP contribution is -2.10. The lowest BCUT2D eigenvalue weighted by atomic mass is 9.98. The molecule has 0 unspecified atom stereocenters. The molecule has 0 saturated heterocycles. The lowest BCUT2D eigenvalue weighted by Gasteiger charge is -2.13. The number of sulfone groups is 1. The van der Waals surface area contributed by atoms with Gasteiger partial charge in [-0.15, -0.1) is 11.3 Å². The van der Waals surface area contributed by atoms with Crippen LogP contribution >= 0.6 is 11.3 Å². The minimum atomic E-state index is -3.39. The molecule has 0 aliphatic carbocycles. The fraction of sp³-hybridized carbons (Fsp3) is 0.318. The van der Waals surface area contributed by atoms with Crippen LogP contribution in [0.5, 0.6) is 0 Å². The van der Waals surface area contributed by atoms with E-state index in [1.165, 1.54) is 23.5 Å². The Morgan fingerprint density at radius 3 is 2.58 bits per heavy atom. The first kappa shape index (κ1) is 23.0. The van der Waals surface area contributed by atoms with Crippen LogP contribution in [0.15, 0.2) is 35.9 Å². The molecule has 0 atom stereocenters. The molecule has 9 heteroatoms. The largest absolute Gasteiger partial charge is 0.368 e. The summed E-state index contributed by atoms with van der Waals surface area (Å²) in [5.74, 6) is -0.405. The lowest BCUT2D eigenvalue weighted by molar-refractivity contribution is 0.585. The summed E-state index contributed by atoms with van der Waals surface area (Å²) in [4.78, 5) is 13.6. The molecule has 31 heavy (non-hydrogen) atoms. The highest BCUT2D eigenvalue weighted by atomic mass is 32.2. The van der Waals surface area contributed by atoms with Crippen LogP contribution < -0.4 is 5.73 Å². The molecule has 0 spiro atoms. The molecule has 2 heterocycles. The average Bonchev–Trinajstić information content (AvgIpc) is 3.13. The van der Waals surface area contributed by atoms with Crippen molar-refractivity contribution < 1.29 is 12.8 Å². The van der Waals surface area contributed by atoms with Crippen molar-refractivity contribution in [1.82, 2.24) is 15.0 Å². The highest BCUT2D eigenvalue weighted by molar-refractivity contribution is 7.94. The SMILES string of the molecule is CCCS(=O)(=O)/C=C\c1cccc(-c2nc(C(C)(C)C)sc2-c2ccnc(N)n2)c1F. The first-order valence-electron chi connectivity index (χ1n) is 9.81. The van der Waals surface area contributed by atoms with Crippen LogP contribution in [0.25, 0.3) is 27.9 Å². The Kier molecular flexibility index (Phi) is 6.56. The van der Waals surface area contributed by atoms with Gasteiger partial charge in [0.2, 0.25) is 5.95 Å². The second-order valence-corrected chi connectivity index (χ2v) is 11.1. The smallest absolute Gasteiger partial charge is 0.220 e. The zero-order valence-electron chi connectivity index (χ0n) is 17.9. The van der Waals surface area contributed by atoms with Crippen LogP contribution in [0.4, 0.5) is 10.3 Å². The van der Waals surface area contributed by atoms with Gasteiger partial charge in [0.05, 0.1) is 27.0 Å². The van der Waals surface area contributed by atoms with E-state index in [1.807, 2.05) is 20.8 Å². The third kappa shape index (κ3) is 5.34. The molecule has 0 amide bonds. The summed E-state index contributed by atoms with van der Waals surface area (Å²) in [5.41, 5.74) is 6.95. The number of hydrogen-bond acceptors (Lipinski definition) is 7. The van der Waals surface area contributed by atoms with Crippen molar-refractivity contribution in [2.75, 3.05) is 11.5 Å². The predicted molar refractivity (Wildman–Crippen MR) is 125 cm³/mol. The van der Waals surface area contributed by atoms with Crippen LogP contribution in [0.2, 0.25) is 0 Å². The van der Waals surface area contributed by atoms with E-state index in [4.69, 9.17) is 10.7 Å². The molecular weight excluding hydrogens is 435 g/mol. The molecule has 2 aromatic heterocycles. The molecule has 0 aliphatic heterocycles. The predicted octanol–water partition coefficient (Wildman–Crippen LogP) is 5.08. The number of nitrogen functional groups attached to an aromatic ring is 1. The standard InChI is InChI=1S/C22H25FN4O2S2/c1-5-12-31(28,29)13-10-14-7-6-8-15(17(14)23)18-19(16-9-11-25-21(24)26-16)30-20(27-18)22(2,3)4/h6-11,13H,5,12H2,1-4H3,(H2,24,25,26)/b13-10-. The van der Waals surface area contributed by atoms with Crippen molar-refractivity contribution >= 4 is 33.2 Å². The molecule has 2 N–H and O–H groups in total. The molecule has 0 fully saturated rings. The van der Waals surface area contributed by atoms with Crippen molar-refractivity contribution in [3.63, 3.8) is 0 Å². The molecule has 3 rings (SSSR count). The maximum Gasteiger partial charge on any atom is 0.220 e. The topological polar surface area (TPSA) is 98.8 Å². The van der Waals surface area contributed by atoms with Crippen molar-refractivity contribution in [3.05, 3.63) is 52.3 Å². The van der Waals surface area contributed by atoms with Crippen LogP contribution in [0.3, 0.4) is 0 Å². The fourth-order valence-electron chi connectivity index (χ4n) is 2.89. The van der Waals surface area contributed by atoms with Gasteiger partial charge < -0.3 is 5.73 Å². The van der Waals surface area contributed by atoms with Crippen molar-refractivity contribution in [3.8, 4) is 21.8 Å². The molecule has 0 aliphatic rings. The van der Waals surface area contributed by atoms with E-state index in [0.717, 1.165) is 10.4 Å². The van der Waals surface area contributed by atoms with Gasteiger partial charge >= 0.3 is 0 Å². The molecule has 6 nitrogen and oxygen atoms in total. The fourth-order valence-corrected chi connectivity index (χ4v) is 5.05. The van der Waals surface area contributed by atoms with Gasteiger partial charge in [-0.25, -0.2) is 27.8 Å². The zero-order chi connectivity index (χ0) is 22.8. The van der Waals surface area contributed by atoms with Crippen molar-refractivity contribution in [1.29, 1.82) is 0 Å². The van der Waals surface area contributed by atoms with Gasteiger partial charge in [0, 0.05) is 28.1 Å². The Morgan fingerprint density at radius 2 is 1.94 bits per heavy atom. The number of nitrogens with two attached hydrogens (primary N) is 1. The Morgan fingerprint density at radius 1 is 1.19 bits per heavy atom. The number of nitrogens with zero attached hydrogens (tertiary/aromatic N) is 3. The number of hydrogen-bond donors (Lipinski definition) is 1. The van der Waals surface area contributed by atoms with Crippen LogP contribution in [0.1, 0.15) is 44.7 Å². The highest BCUT2D eigenvalue weighted by Gasteiger charge is 2.25. The van der Waals surface area contributed by atoms with Gasteiger partial charge in [0.1, 0.15) is 5.82 Å². The normalized spacial score (nSPS) is 12.5. The molecule has 3 aromatic rings. The van der Waals surface area contributed by atoms with Crippen molar-refractivity contribution in [2.24, 2.45) is 0 Å². The summed E-state index contributed by atoms with van der Waals surface area (Å²) in [6.45, 7) is 7.87. The summed E-state index contributed by atoms with van der Waals surface area (Å²) >= 11 is 1.42. The molecule has 0 bridgehead atoms. The monoisotopic (exact) mass is 460 g/mol. The Bertz CT molecular complexity index is 1230. The maximum atomic E-state index is 15.5. The first-order valence-corrected chi connectivity index (χ1v) is 12.3. The van der Waals surface area contributed by atoms with E-state index in [1.54, 1.807) is 31.3 Å². The highest BCUT2D eigenvalue weighted by Crippen LogP contribution is 2.41. The van der Waals surface area contributed by atoms with Gasteiger partial charge in [-0.2, -0.15) is 0 Å². The third-order valence-corrected chi connectivity index (χ3v) is 7.43. The Balaban J connectivity index is 2.17. The number of aromatic nitrogens is 3. The quantitative estimate of drug-likeness (QED) is 0.551. The minimum absolute atomic E-state index is 0.0190. The summed E-state index contributed by atoms with van der Waals surface area (Å²) in [7, 11) is -3.39. The third-order valence-electron chi connectivity index (χ3n) is 4.40. The van der Waals surface area contributed by atoms with Crippen LogP contribution in [-0.2, 0) is 15.3 Å². The summed E-state index contributed by atoms with van der Waals surface area (Å²) in [6, 6.07) is 6.55. The van der Waals surface area contributed by atoms with E-state index < -0.39 is 15.7 Å². The molecule has 0 saturated carbocycles. The van der Waals surface area contributed by atoms with Gasteiger partial charge in [0.25, 0.3) is 0 Å². The maximum absolute atomic E-state index is 15.5. The molecular formula is C22H25FN4O2S2. The van der Waals surface area contributed by atoms with Gasteiger partial charge in [-0.3, -0.25) is 0 Å². The van der Waals surface area contributed by atoms with Gasteiger partial charge in [-0.1, -0.05) is 39.8 Å². The summed E-state index contributed by atoms with van der Waals surface area (Å²) in [5, 5.41) is 1.88. The van der Waals surface area contributed by atoms with E-state index in [-0.39, 0.29) is 28.2 Å². The zero-order valence-corrected chi connectivity index (χ0v) is 19.5. The van der Waals surface area contributed by atoms with Crippen LogP contribution in [-0.4, -0.2) is 29.1 Å². The van der Waals surface area contributed by atoms with E-state index in [9.17, 15) is 8.42 Å². The summed E-state index contributed by atoms with van der Waals surface area (Å²) < 4.78 is 39.5. The number of halogens is 1. The summed E-state index contributed by atoms with van der Waals surface area (Å²) in [6.07, 6.45) is 3.34. The van der Waals surface area contributed by atoms with E-state index in [0.29, 0.717) is 22.7 Å². The number of benzene rings is 1. The van der Waals surface area contributed by atoms with Gasteiger partial charge in [0.15, 0.2) is 9.84 Å². The second kappa shape index (κ2) is 8.84. The van der Waals surface area contributed by atoms with Gasteiger partial charge in [-0.05, 0) is 24.6 Å². The average molecular weight is 461 g/mol. The number of rotatable bonds is 6. The number of thiazole rings is 1. The Hall–Kier alpha value is -2.65. The second-order valence-electron chi connectivity index (χ2n) is 8.13. The molecule has 164 valence electrons. The molecule has 0 radical (unpaired) electrons. The number of anilines is 1. The minimum Gasteiger partial charge on any atom is -0.368 e. The molecule has 1 aromatic carbocycles. The van der Waals surface area contributed by atoms with E-state index in [2.05, 4.69) is 9.97 Å². The van der Waals surface area contributed by atoms with Crippen molar-refractivity contribution in [2.45, 2.75) is 39.5 Å². The Labute approximate surface area is 186 Å². The van der Waals surface area contributed by atoms with Crippen LogP contribution in [0, 0.1) is 5.82 Å². The first-order chi connectivity index (χ1) is 14.5.